The van der Waals surface area contributed by atoms with E-state index >= 15 is 0 Å². The monoisotopic (exact) mass is 304 g/mol. The van der Waals surface area contributed by atoms with Crippen LogP contribution in [0.25, 0.3) is 10.2 Å². The number of nitrogens with two attached hydrogens (primary N) is 1. The molecule has 0 bridgehead atoms. The summed E-state index contributed by atoms with van der Waals surface area (Å²) in [6.07, 6.45) is 1.47. The normalized spacial score (nSPS) is 11.0. The smallest absolute Gasteiger partial charge is 0.268 e. The fraction of sp³-hybridized carbons (Fsp3) is 0.154. The summed E-state index contributed by atoms with van der Waals surface area (Å²) in [7, 11) is 0. The highest BCUT2D eigenvalue weighted by molar-refractivity contribution is 7.16. The van der Waals surface area contributed by atoms with Crippen LogP contribution in [-0.4, -0.2) is 15.5 Å². The van der Waals surface area contributed by atoms with Gasteiger partial charge in [-0.25, -0.2) is 10.8 Å². The highest BCUT2D eigenvalue weighted by Crippen LogP contribution is 2.17. The Bertz CT molecular complexity index is 877. The maximum absolute atomic E-state index is 12.3. The molecular weight excluding hydrogens is 292 g/mol. The van der Waals surface area contributed by atoms with E-state index in [4.69, 9.17) is 10.3 Å². The minimum absolute atomic E-state index is 0.139. The molecule has 7 nitrogen and oxygen atoms in total. The lowest BCUT2D eigenvalue weighted by Gasteiger charge is -2.02. The van der Waals surface area contributed by atoms with Gasteiger partial charge in [0.05, 0.1) is 23.8 Å². The first-order valence-corrected chi connectivity index (χ1v) is 7.01. The van der Waals surface area contributed by atoms with Crippen LogP contribution in [-0.2, 0) is 6.54 Å². The molecule has 0 radical (unpaired) electrons. The summed E-state index contributed by atoms with van der Waals surface area (Å²) in [6.45, 7) is 1.87. The maximum atomic E-state index is 12.3. The number of rotatable bonds is 3. The highest BCUT2D eigenvalue weighted by atomic mass is 32.1. The molecule has 0 fully saturated rings. The molecule has 3 rings (SSSR count). The highest BCUT2D eigenvalue weighted by Gasteiger charge is 2.15. The van der Waals surface area contributed by atoms with Gasteiger partial charge in [0, 0.05) is 0 Å². The zero-order chi connectivity index (χ0) is 15.0. The number of nitrogens with zero attached hydrogens (tertiary/aromatic N) is 2. The van der Waals surface area contributed by atoms with Gasteiger partial charge >= 0.3 is 0 Å². The van der Waals surface area contributed by atoms with Crippen molar-refractivity contribution >= 4 is 27.5 Å². The van der Waals surface area contributed by atoms with E-state index in [0.717, 1.165) is 0 Å². The second-order valence-electron chi connectivity index (χ2n) is 4.47. The number of carbonyl (C=O) groups excluding carboxylic acids is 1. The molecule has 0 unspecified atom stereocenters. The molecule has 0 saturated carbocycles. The fourth-order valence-corrected chi connectivity index (χ4v) is 2.82. The Balaban J connectivity index is 1.97. The van der Waals surface area contributed by atoms with Crippen LogP contribution in [0.1, 0.15) is 21.9 Å². The Morgan fingerprint density at radius 1 is 1.57 bits per heavy atom. The summed E-state index contributed by atoms with van der Waals surface area (Å²) in [5.74, 6) is 5.61. The van der Waals surface area contributed by atoms with Crippen molar-refractivity contribution < 1.29 is 9.21 Å². The van der Waals surface area contributed by atoms with E-state index in [9.17, 15) is 9.59 Å². The molecule has 0 aliphatic heterocycles. The molecule has 21 heavy (non-hydrogen) atoms. The molecule has 0 aliphatic carbocycles. The Labute approximate surface area is 123 Å². The Kier molecular flexibility index (Phi) is 3.32. The number of furan rings is 1. The van der Waals surface area contributed by atoms with Crippen molar-refractivity contribution in [1.29, 1.82) is 0 Å². The van der Waals surface area contributed by atoms with Crippen LogP contribution in [0.15, 0.2) is 33.1 Å². The average Bonchev–Trinajstić information content (AvgIpc) is 3.08. The molecule has 3 heterocycles. The van der Waals surface area contributed by atoms with Crippen LogP contribution in [0, 0.1) is 6.92 Å². The lowest BCUT2D eigenvalue weighted by molar-refractivity contribution is 0.0952. The molecular formula is C13H12N4O3S. The van der Waals surface area contributed by atoms with Crippen molar-refractivity contribution in [2.75, 3.05) is 0 Å². The number of hydrogen-bond acceptors (Lipinski definition) is 6. The van der Waals surface area contributed by atoms with Crippen LogP contribution in [0.5, 0.6) is 0 Å². The van der Waals surface area contributed by atoms with E-state index in [1.54, 1.807) is 19.1 Å². The van der Waals surface area contributed by atoms with Gasteiger partial charge in [0.25, 0.3) is 11.5 Å². The summed E-state index contributed by atoms with van der Waals surface area (Å²) < 4.78 is 6.93. The molecule has 1 amide bonds. The summed E-state index contributed by atoms with van der Waals surface area (Å²) in [5.41, 5.74) is 2.27. The average molecular weight is 304 g/mol. The number of hydrazine groups is 1. The minimum atomic E-state index is -0.429. The van der Waals surface area contributed by atoms with Crippen LogP contribution in [0.4, 0.5) is 0 Å². The first kappa shape index (κ1) is 13.5. The van der Waals surface area contributed by atoms with Gasteiger partial charge < -0.3 is 4.42 Å². The number of aromatic nitrogens is 2. The van der Waals surface area contributed by atoms with Crippen molar-refractivity contribution in [3.63, 3.8) is 0 Å². The zero-order valence-corrected chi connectivity index (χ0v) is 11.9. The van der Waals surface area contributed by atoms with Gasteiger partial charge in [-0.1, -0.05) is 0 Å². The quantitative estimate of drug-likeness (QED) is 0.427. The molecule has 0 atom stereocenters. The summed E-state index contributed by atoms with van der Waals surface area (Å²) in [6, 6.07) is 3.31. The third kappa shape index (κ3) is 2.34. The van der Waals surface area contributed by atoms with Gasteiger partial charge in [0.1, 0.15) is 16.4 Å². The molecule has 3 aromatic heterocycles. The van der Waals surface area contributed by atoms with Crippen molar-refractivity contribution in [2.24, 2.45) is 5.84 Å². The number of amides is 1. The molecule has 3 aromatic rings. The number of carbonyl (C=O) groups is 1. The van der Waals surface area contributed by atoms with Gasteiger partial charge in [-0.2, -0.15) is 0 Å². The Hall–Kier alpha value is -2.45. The largest absolute Gasteiger partial charge is 0.464 e. The number of thiophene rings is 1. The van der Waals surface area contributed by atoms with E-state index in [1.165, 1.54) is 22.2 Å². The number of nitrogen functional groups attached to an aromatic ring is 1. The topological polar surface area (TPSA) is 103 Å². The molecule has 0 spiro atoms. The van der Waals surface area contributed by atoms with Gasteiger partial charge in [-0.05, 0) is 24.4 Å². The molecule has 3 N–H and O–H groups in total. The summed E-state index contributed by atoms with van der Waals surface area (Å²) in [4.78, 5) is 28.7. The van der Waals surface area contributed by atoms with Crippen LogP contribution in [0.2, 0.25) is 0 Å². The fourth-order valence-electron chi connectivity index (χ4n) is 2.10. The second-order valence-corrected chi connectivity index (χ2v) is 5.37. The lowest BCUT2D eigenvalue weighted by atomic mass is 10.2. The third-order valence-corrected chi connectivity index (χ3v) is 3.94. The predicted molar refractivity (Wildman–Crippen MR) is 78.1 cm³/mol. The van der Waals surface area contributed by atoms with E-state index in [-0.39, 0.29) is 12.1 Å². The van der Waals surface area contributed by atoms with Crippen molar-refractivity contribution in [2.45, 2.75) is 13.5 Å². The number of fused-ring (bicyclic) bond motifs is 1. The number of nitrogens with one attached hydrogen (secondary N) is 1. The Morgan fingerprint density at radius 2 is 2.38 bits per heavy atom. The molecule has 8 heteroatoms. The van der Waals surface area contributed by atoms with Crippen LogP contribution >= 0.6 is 11.3 Å². The van der Waals surface area contributed by atoms with Crippen molar-refractivity contribution in [3.8, 4) is 0 Å². The van der Waals surface area contributed by atoms with E-state index < -0.39 is 5.91 Å². The Morgan fingerprint density at radius 3 is 3.14 bits per heavy atom. The molecule has 108 valence electrons. The lowest BCUT2D eigenvalue weighted by Crippen LogP contribution is -2.30. The SMILES string of the molecule is Cc1oc(Cn2cnc3sccc3c2=O)cc1C(=O)NN. The van der Waals surface area contributed by atoms with Crippen molar-refractivity contribution in [3.05, 3.63) is 51.3 Å². The second kappa shape index (κ2) is 5.15. The van der Waals surface area contributed by atoms with Crippen molar-refractivity contribution in [1.82, 2.24) is 15.0 Å². The predicted octanol–water partition coefficient (Wildman–Crippen LogP) is 1.01. The zero-order valence-electron chi connectivity index (χ0n) is 11.1. The first-order valence-electron chi connectivity index (χ1n) is 6.13. The van der Waals surface area contributed by atoms with E-state index in [1.807, 2.05) is 5.38 Å². The molecule has 0 saturated heterocycles. The standard InChI is InChI=1S/C13H12N4O3S/c1-7-10(11(18)16-14)4-8(20-7)5-17-6-15-12-9(13(17)19)2-3-21-12/h2-4,6H,5,14H2,1H3,(H,16,18). The third-order valence-electron chi connectivity index (χ3n) is 3.12. The summed E-state index contributed by atoms with van der Waals surface area (Å²) >= 11 is 1.42. The van der Waals surface area contributed by atoms with Gasteiger partial charge in [0.2, 0.25) is 0 Å². The maximum Gasteiger partial charge on any atom is 0.268 e. The van der Waals surface area contributed by atoms with Gasteiger partial charge in [-0.15, -0.1) is 11.3 Å². The first-order chi connectivity index (χ1) is 10.1. The number of hydrogen-bond donors (Lipinski definition) is 2. The van der Waals surface area contributed by atoms with Gasteiger partial charge in [-0.3, -0.25) is 19.6 Å². The van der Waals surface area contributed by atoms with E-state index in [0.29, 0.717) is 27.3 Å². The minimum Gasteiger partial charge on any atom is -0.464 e. The van der Waals surface area contributed by atoms with Crippen LogP contribution in [0.3, 0.4) is 0 Å². The van der Waals surface area contributed by atoms with Crippen LogP contribution < -0.4 is 16.8 Å². The van der Waals surface area contributed by atoms with E-state index in [2.05, 4.69) is 10.4 Å². The summed E-state index contributed by atoms with van der Waals surface area (Å²) in [5, 5.41) is 2.40. The van der Waals surface area contributed by atoms with Gasteiger partial charge in [0.15, 0.2) is 0 Å². The number of aryl methyl sites for hydroxylation is 1. The molecule has 0 aliphatic rings. The molecule has 0 aromatic carbocycles.